The number of thiophene rings is 1. The highest BCUT2D eigenvalue weighted by Crippen LogP contribution is 2.39. The molecule has 0 saturated heterocycles. The van der Waals surface area contributed by atoms with E-state index in [1.165, 1.54) is 11.3 Å². The number of fused-ring (bicyclic) bond motifs is 1. The van der Waals surface area contributed by atoms with Crippen LogP contribution in [0.2, 0.25) is 5.02 Å². The van der Waals surface area contributed by atoms with E-state index in [9.17, 15) is 4.79 Å². The van der Waals surface area contributed by atoms with E-state index < -0.39 is 0 Å². The van der Waals surface area contributed by atoms with Crippen molar-refractivity contribution in [1.29, 1.82) is 0 Å². The van der Waals surface area contributed by atoms with Crippen molar-refractivity contribution in [3.05, 3.63) is 57.9 Å². The number of rotatable bonds is 6. The van der Waals surface area contributed by atoms with Gasteiger partial charge in [0.05, 0.1) is 19.8 Å². The summed E-state index contributed by atoms with van der Waals surface area (Å²) in [5.41, 5.74) is 1.00. The molecule has 0 aliphatic heterocycles. The van der Waals surface area contributed by atoms with Crippen LogP contribution < -0.4 is 14.8 Å². The van der Waals surface area contributed by atoms with Gasteiger partial charge in [-0.15, -0.1) is 11.3 Å². The van der Waals surface area contributed by atoms with Crippen molar-refractivity contribution in [2.75, 3.05) is 13.7 Å². The van der Waals surface area contributed by atoms with Crippen LogP contribution in [-0.2, 0) is 0 Å². The summed E-state index contributed by atoms with van der Waals surface area (Å²) in [7, 11) is 1.56. The third-order valence-electron chi connectivity index (χ3n) is 4.05. The first kappa shape index (κ1) is 18.5. The predicted octanol–water partition coefficient (Wildman–Crippen LogP) is 5.45. The minimum Gasteiger partial charge on any atom is -0.494 e. The van der Waals surface area contributed by atoms with Gasteiger partial charge in [-0.25, -0.2) is 0 Å². The maximum atomic E-state index is 12.8. The van der Waals surface area contributed by atoms with Gasteiger partial charge in [0.2, 0.25) is 0 Å². The standard InChI is InChI=1S/C20H20ClNO3S/c1-4-25-15-8-5-13(6-9-15)12(2)22-20(23)19-18(24-3)16-11-14(21)7-10-17(16)26-19/h5-12H,4H2,1-3H3,(H,22,23)/t12-/m1/s1. The Hall–Kier alpha value is -2.24. The number of carbonyl (C=O) groups excluding carboxylic acids is 1. The summed E-state index contributed by atoms with van der Waals surface area (Å²) in [5.74, 6) is 1.21. The number of methoxy groups -OCH3 is 1. The topological polar surface area (TPSA) is 47.6 Å². The molecule has 0 radical (unpaired) electrons. The summed E-state index contributed by atoms with van der Waals surface area (Å²) in [4.78, 5) is 13.3. The average molecular weight is 390 g/mol. The Morgan fingerprint density at radius 3 is 2.62 bits per heavy atom. The largest absolute Gasteiger partial charge is 0.494 e. The number of hydrogen-bond acceptors (Lipinski definition) is 4. The molecule has 1 aromatic heterocycles. The van der Waals surface area contributed by atoms with Crippen LogP contribution in [0.15, 0.2) is 42.5 Å². The van der Waals surface area contributed by atoms with Gasteiger partial charge in [-0.2, -0.15) is 0 Å². The third kappa shape index (κ3) is 3.79. The normalized spacial score (nSPS) is 12.0. The molecule has 6 heteroatoms. The van der Waals surface area contributed by atoms with Crippen LogP contribution in [0.5, 0.6) is 11.5 Å². The number of amides is 1. The molecule has 1 heterocycles. The quantitative estimate of drug-likeness (QED) is 0.609. The first-order valence-electron chi connectivity index (χ1n) is 8.33. The SMILES string of the molecule is CCOc1ccc([C@@H](C)NC(=O)c2sc3ccc(Cl)cc3c2OC)cc1. The molecule has 0 fully saturated rings. The minimum atomic E-state index is -0.166. The number of benzene rings is 2. The van der Waals surface area contributed by atoms with Gasteiger partial charge in [-0.3, -0.25) is 4.79 Å². The molecule has 26 heavy (non-hydrogen) atoms. The van der Waals surface area contributed by atoms with Gasteiger partial charge in [0, 0.05) is 15.1 Å². The zero-order valence-electron chi connectivity index (χ0n) is 14.8. The monoisotopic (exact) mass is 389 g/mol. The van der Waals surface area contributed by atoms with Gasteiger partial charge < -0.3 is 14.8 Å². The third-order valence-corrected chi connectivity index (χ3v) is 5.44. The van der Waals surface area contributed by atoms with Gasteiger partial charge in [0.15, 0.2) is 0 Å². The number of ether oxygens (including phenoxy) is 2. The lowest BCUT2D eigenvalue weighted by Crippen LogP contribution is -2.26. The molecule has 136 valence electrons. The molecule has 2 aromatic carbocycles. The number of halogens is 1. The number of carbonyl (C=O) groups is 1. The molecule has 3 aromatic rings. The first-order valence-corrected chi connectivity index (χ1v) is 9.52. The highest BCUT2D eigenvalue weighted by atomic mass is 35.5. The lowest BCUT2D eigenvalue weighted by molar-refractivity contribution is 0.0941. The van der Waals surface area contributed by atoms with Crippen LogP contribution in [-0.4, -0.2) is 19.6 Å². The van der Waals surface area contributed by atoms with Gasteiger partial charge in [-0.1, -0.05) is 23.7 Å². The van der Waals surface area contributed by atoms with Crippen molar-refractivity contribution in [2.45, 2.75) is 19.9 Å². The van der Waals surface area contributed by atoms with E-state index >= 15 is 0 Å². The molecular formula is C20H20ClNO3S. The van der Waals surface area contributed by atoms with Crippen molar-refractivity contribution in [3.8, 4) is 11.5 Å². The summed E-state index contributed by atoms with van der Waals surface area (Å²) in [5, 5.41) is 4.50. The molecule has 0 aliphatic rings. The highest BCUT2D eigenvalue weighted by molar-refractivity contribution is 7.21. The van der Waals surface area contributed by atoms with Crippen LogP contribution in [0.3, 0.4) is 0 Å². The molecule has 0 spiro atoms. The van der Waals surface area contributed by atoms with Crippen LogP contribution in [0.4, 0.5) is 0 Å². The Balaban J connectivity index is 1.82. The van der Waals surface area contributed by atoms with Crippen LogP contribution in [0.25, 0.3) is 10.1 Å². The Morgan fingerprint density at radius 2 is 1.96 bits per heavy atom. The van der Waals surface area contributed by atoms with Crippen molar-refractivity contribution < 1.29 is 14.3 Å². The van der Waals surface area contributed by atoms with E-state index in [1.807, 2.05) is 56.3 Å². The predicted molar refractivity (Wildman–Crippen MR) is 107 cm³/mol. The fourth-order valence-electron chi connectivity index (χ4n) is 2.76. The molecule has 0 bridgehead atoms. The maximum Gasteiger partial charge on any atom is 0.265 e. The Morgan fingerprint density at radius 1 is 1.23 bits per heavy atom. The Labute approximate surface area is 161 Å². The molecule has 0 unspecified atom stereocenters. The maximum absolute atomic E-state index is 12.8. The highest BCUT2D eigenvalue weighted by Gasteiger charge is 2.21. The van der Waals surface area contributed by atoms with Crippen LogP contribution in [0, 0.1) is 0 Å². The lowest BCUT2D eigenvalue weighted by Gasteiger charge is -2.15. The summed E-state index contributed by atoms with van der Waals surface area (Å²) in [6.07, 6.45) is 0. The number of nitrogens with one attached hydrogen (secondary N) is 1. The van der Waals surface area contributed by atoms with Crippen molar-refractivity contribution in [3.63, 3.8) is 0 Å². The lowest BCUT2D eigenvalue weighted by atomic mass is 10.1. The second-order valence-electron chi connectivity index (χ2n) is 5.80. The number of hydrogen-bond donors (Lipinski definition) is 1. The van der Waals surface area contributed by atoms with E-state index in [2.05, 4.69) is 5.32 Å². The molecule has 3 rings (SSSR count). The van der Waals surface area contributed by atoms with Crippen LogP contribution in [0.1, 0.15) is 35.1 Å². The van der Waals surface area contributed by atoms with Gasteiger partial charge in [0.25, 0.3) is 5.91 Å². The first-order chi connectivity index (χ1) is 12.5. The van der Waals surface area contributed by atoms with E-state index in [0.717, 1.165) is 21.4 Å². The molecule has 0 aliphatic carbocycles. The van der Waals surface area contributed by atoms with E-state index in [4.69, 9.17) is 21.1 Å². The summed E-state index contributed by atoms with van der Waals surface area (Å²) >= 11 is 7.47. The summed E-state index contributed by atoms with van der Waals surface area (Å²) < 4.78 is 11.9. The average Bonchev–Trinajstić information content (AvgIpc) is 3.00. The Kier molecular flexibility index (Phi) is 5.69. The summed E-state index contributed by atoms with van der Waals surface area (Å²) in [6.45, 7) is 4.52. The molecule has 1 N–H and O–H groups in total. The smallest absolute Gasteiger partial charge is 0.265 e. The molecule has 0 saturated carbocycles. The van der Waals surface area contributed by atoms with E-state index in [0.29, 0.717) is 22.3 Å². The zero-order chi connectivity index (χ0) is 18.7. The van der Waals surface area contributed by atoms with Gasteiger partial charge in [-0.05, 0) is 49.7 Å². The summed E-state index contributed by atoms with van der Waals surface area (Å²) in [6, 6.07) is 13.1. The van der Waals surface area contributed by atoms with Crippen molar-refractivity contribution in [1.82, 2.24) is 5.32 Å². The van der Waals surface area contributed by atoms with Crippen molar-refractivity contribution in [2.24, 2.45) is 0 Å². The zero-order valence-corrected chi connectivity index (χ0v) is 16.4. The molecule has 1 atom stereocenters. The molecule has 1 amide bonds. The van der Waals surface area contributed by atoms with Gasteiger partial charge >= 0.3 is 0 Å². The second-order valence-corrected chi connectivity index (χ2v) is 7.29. The second kappa shape index (κ2) is 7.98. The fourth-order valence-corrected chi connectivity index (χ4v) is 3.99. The fraction of sp³-hybridized carbons (Fsp3) is 0.250. The Bertz CT molecular complexity index is 921. The van der Waals surface area contributed by atoms with Crippen molar-refractivity contribution >= 4 is 38.9 Å². The minimum absolute atomic E-state index is 0.142. The van der Waals surface area contributed by atoms with Crippen LogP contribution >= 0.6 is 22.9 Å². The van der Waals surface area contributed by atoms with E-state index in [-0.39, 0.29) is 11.9 Å². The molecule has 4 nitrogen and oxygen atoms in total. The van der Waals surface area contributed by atoms with E-state index in [1.54, 1.807) is 7.11 Å². The van der Waals surface area contributed by atoms with Gasteiger partial charge in [0.1, 0.15) is 16.4 Å². The molecular weight excluding hydrogens is 370 g/mol.